The number of hydrogen-bond donors (Lipinski definition) is 0. The number of pyridine rings is 1. The SMILES string of the molecule is CC(C)(C)COc1cc2c(=O)c3cc(Br)ccc3oc2c(F)n1. The van der Waals surface area contributed by atoms with Gasteiger partial charge in [0, 0.05) is 10.5 Å². The maximum Gasteiger partial charge on any atom is 0.259 e. The third-order valence-electron chi connectivity index (χ3n) is 3.20. The van der Waals surface area contributed by atoms with Gasteiger partial charge in [-0.05, 0) is 23.6 Å². The Morgan fingerprint density at radius 3 is 2.70 bits per heavy atom. The second kappa shape index (κ2) is 5.60. The molecule has 1 aromatic carbocycles. The van der Waals surface area contributed by atoms with Crippen molar-refractivity contribution in [3.8, 4) is 5.88 Å². The van der Waals surface area contributed by atoms with E-state index < -0.39 is 5.95 Å². The van der Waals surface area contributed by atoms with Gasteiger partial charge < -0.3 is 9.15 Å². The predicted molar refractivity (Wildman–Crippen MR) is 90.4 cm³/mol. The molecule has 23 heavy (non-hydrogen) atoms. The van der Waals surface area contributed by atoms with E-state index >= 15 is 0 Å². The highest BCUT2D eigenvalue weighted by molar-refractivity contribution is 9.10. The number of benzene rings is 1. The molecule has 0 saturated heterocycles. The van der Waals surface area contributed by atoms with E-state index in [9.17, 15) is 9.18 Å². The van der Waals surface area contributed by atoms with Crippen LogP contribution >= 0.6 is 15.9 Å². The highest BCUT2D eigenvalue weighted by atomic mass is 79.9. The first-order chi connectivity index (χ1) is 10.7. The molecule has 0 radical (unpaired) electrons. The average Bonchev–Trinajstić information content (AvgIpc) is 2.46. The third kappa shape index (κ3) is 3.22. The van der Waals surface area contributed by atoms with E-state index in [1.807, 2.05) is 20.8 Å². The van der Waals surface area contributed by atoms with Crippen molar-refractivity contribution >= 4 is 37.9 Å². The summed E-state index contributed by atoms with van der Waals surface area (Å²) in [4.78, 5) is 16.4. The largest absolute Gasteiger partial charge is 0.477 e. The zero-order valence-corrected chi connectivity index (χ0v) is 14.5. The molecule has 3 rings (SSSR count). The van der Waals surface area contributed by atoms with Gasteiger partial charge >= 0.3 is 0 Å². The molecule has 0 unspecified atom stereocenters. The van der Waals surface area contributed by atoms with Gasteiger partial charge in [0.15, 0.2) is 5.58 Å². The van der Waals surface area contributed by atoms with E-state index in [2.05, 4.69) is 20.9 Å². The van der Waals surface area contributed by atoms with Gasteiger partial charge in [-0.15, -0.1) is 0 Å². The quantitative estimate of drug-likeness (QED) is 0.479. The lowest BCUT2D eigenvalue weighted by Crippen LogP contribution is -2.17. The minimum Gasteiger partial charge on any atom is -0.477 e. The molecule has 0 bridgehead atoms. The number of aromatic nitrogens is 1. The number of rotatable bonds is 2. The summed E-state index contributed by atoms with van der Waals surface area (Å²) in [5.41, 5.74) is -0.265. The van der Waals surface area contributed by atoms with Crippen molar-refractivity contribution in [2.24, 2.45) is 5.41 Å². The Hall–Kier alpha value is -1.95. The molecule has 120 valence electrons. The van der Waals surface area contributed by atoms with Crippen LogP contribution in [0.1, 0.15) is 20.8 Å². The van der Waals surface area contributed by atoms with Gasteiger partial charge in [-0.3, -0.25) is 4.79 Å². The molecule has 0 saturated carbocycles. The standard InChI is InChI=1S/C17H15BrFNO3/c1-17(2,3)8-22-13-7-11-14(21)10-6-9(18)4-5-12(10)23-15(11)16(19)20-13/h4-7H,8H2,1-3H3. The summed E-state index contributed by atoms with van der Waals surface area (Å²) in [7, 11) is 0. The van der Waals surface area contributed by atoms with Crippen molar-refractivity contribution in [3.63, 3.8) is 0 Å². The average molecular weight is 380 g/mol. The molecule has 6 heteroatoms. The molecule has 2 aromatic heterocycles. The summed E-state index contributed by atoms with van der Waals surface area (Å²) in [5, 5.41) is 0.492. The van der Waals surface area contributed by atoms with Crippen LogP contribution in [0, 0.1) is 11.4 Å². The molecule has 0 atom stereocenters. The first-order valence-corrected chi connectivity index (χ1v) is 7.89. The number of halogens is 2. The zero-order chi connectivity index (χ0) is 16.8. The molecule has 0 aliphatic rings. The number of hydrogen-bond acceptors (Lipinski definition) is 4. The summed E-state index contributed by atoms with van der Waals surface area (Å²) >= 11 is 3.31. The van der Waals surface area contributed by atoms with Crippen LogP contribution < -0.4 is 10.2 Å². The number of ether oxygens (including phenoxy) is 1. The highest BCUT2D eigenvalue weighted by Crippen LogP contribution is 2.26. The fraction of sp³-hybridized carbons (Fsp3) is 0.294. The van der Waals surface area contributed by atoms with Crippen LogP contribution in [0.2, 0.25) is 0 Å². The van der Waals surface area contributed by atoms with E-state index in [0.29, 0.717) is 17.6 Å². The van der Waals surface area contributed by atoms with Crippen LogP contribution in [0.15, 0.2) is 37.9 Å². The van der Waals surface area contributed by atoms with Crippen molar-refractivity contribution < 1.29 is 13.5 Å². The Morgan fingerprint density at radius 2 is 2.00 bits per heavy atom. The van der Waals surface area contributed by atoms with E-state index in [4.69, 9.17) is 9.15 Å². The lowest BCUT2D eigenvalue weighted by atomic mass is 9.99. The van der Waals surface area contributed by atoms with Gasteiger partial charge in [-0.1, -0.05) is 36.7 Å². The van der Waals surface area contributed by atoms with Crippen molar-refractivity contribution in [2.75, 3.05) is 6.61 Å². The minimum absolute atomic E-state index is 0.0755. The summed E-state index contributed by atoms with van der Waals surface area (Å²) in [6.45, 7) is 6.33. The van der Waals surface area contributed by atoms with Gasteiger partial charge in [-0.25, -0.2) is 0 Å². The highest BCUT2D eigenvalue weighted by Gasteiger charge is 2.17. The van der Waals surface area contributed by atoms with Crippen LogP contribution in [0.25, 0.3) is 21.9 Å². The maximum atomic E-state index is 14.2. The number of nitrogens with zero attached hydrogens (tertiary/aromatic N) is 1. The molecular weight excluding hydrogens is 365 g/mol. The van der Waals surface area contributed by atoms with Crippen LogP contribution in [0.4, 0.5) is 4.39 Å². The summed E-state index contributed by atoms with van der Waals surface area (Å²) < 4.78 is 26.0. The van der Waals surface area contributed by atoms with Gasteiger partial charge in [0.2, 0.25) is 11.3 Å². The smallest absolute Gasteiger partial charge is 0.259 e. The zero-order valence-electron chi connectivity index (χ0n) is 12.9. The van der Waals surface area contributed by atoms with Crippen molar-refractivity contribution in [2.45, 2.75) is 20.8 Å². The molecule has 2 heterocycles. The molecular formula is C17H15BrFNO3. The Labute approximate surface area is 140 Å². The first-order valence-electron chi connectivity index (χ1n) is 7.10. The Balaban J connectivity index is 2.20. The fourth-order valence-corrected chi connectivity index (χ4v) is 2.49. The lowest BCUT2D eigenvalue weighted by molar-refractivity contribution is 0.190. The lowest BCUT2D eigenvalue weighted by Gasteiger charge is -2.18. The van der Waals surface area contributed by atoms with Crippen molar-refractivity contribution in [3.05, 3.63) is 44.9 Å². The molecule has 0 spiro atoms. The Morgan fingerprint density at radius 1 is 1.26 bits per heavy atom. The van der Waals surface area contributed by atoms with Crippen molar-refractivity contribution in [1.82, 2.24) is 4.98 Å². The Bertz CT molecular complexity index is 960. The van der Waals surface area contributed by atoms with Gasteiger partial charge in [0.1, 0.15) is 5.58 Å². The molecule has 0 aliphatic heterocycles. The third-order valence-corrected chi connectivity index (χ3v) is 3.70. The van der Waals surface area contributed by atoms with E-state index in [-0.39, 0.29) is 27.7 Å². The van der Waals surface area contributed by atoms with Gasteiger partial charge in [-0.2, -0.15) is 9.37 Å². The molecule has 3 aromatic rings. The molecule has 0 fully saturated rings. The molecule has 0 N–H and O–H groups in total. The first kappa shape index (κ1) is 15.9. The minimum atomic E-state index is -0.853. The maximum absolute atomic E-state index is 14.2. The topological polar surface area (TPSA) is 52.3 Å². The number of fused-ring (bicyclic) bond motifs is 2. The van der Waals surface area contributed by atoms with Crippen LogP contribution in [-0.4, -0.2) is 11.6 Å². The van der Waals surface area contributed by atoms with E-state index in [1.165, 1.54) is 6.07 Å². The fourth-order valence-electron chi connectivity index (χ4n) is 2.13. The van der Waals surface area contributed by atoms with Crippen molar-refractivity contribution in [1.29, 1.82) is 0 Å². The predicted octanol–water partition coefficient (Wildman–Crippen LogP) is 4.67. The van der Waals surface area contributed by atoms with Gasteiger partial charge in [0.05, 0.1) is 17.4 Å². The summed E-state index contributed by atoms with van der Waals surface area (Å²) in [5.74, 6) is -0.778. The summed E-state index contributed by atoms with van der Waals surface area (Å²) in [6, 6.07) is 6.41. The molecule has 0 aliphatic carbocycles. The monoisotopic (exact) mass is 379 g/mol. The van der Waals surface area contributed by atoms with Crippen LogP contribution in [0.3, 0.4) is 0 Å². The second-order valence-electron chi connectivity index (χ2n) is 6.55. The van der Waals surface area contributed by atoms with Gasteiger partial charge in [0.25, 0.3) is 5.95 Å². The summed E-state index contributed by atoms with van der Waals surface area (Å²) in [6.07, 6.45) is 0. The van der Waals surface area contributed by atoms with E-state index in [0.717, 1.165) is 4.47 Å². The van der Waals surface area contributed by atoms with E-state index in [1.54, 1.807) is 18.2 Å². The molecule has 4 nitrogen and oxygen atoms in total. The van der Waals surface area contributed by atoms with Crippen LogP contribution in [0.5, 0.6) is 5.88 Å². The Kier molecular flexibility index (Phi) is 3.88. The second-order valence-corrected chi connectivity index (χ2v) is 7.46. The van der Waals surface area contributed by atoms with Crippen LogP contribution in [-0.2, 0) is 0 Å². The normalized spacial score (nSPS) is 12.0. The molecule has 0 amide bonds.